The first-order valence-electron chi connectivity index (χ1n) is 11.9. The molecule has 2 saturated heterocycles. The topological polar surface area (TPSA) is 137 Å². The van der Waals surface area contributed by atoms with E-state index in [2.05, 4.69) is 31.0 Å². The summed E-state index contributed by atoms with van der Waals surface area (Å²) < 4.78 is 24.7. The predicted molar refractivity (Wildman–Crippen MR) is 127 cm³/mol. The van der Waals surface area contributed by atoms with Crippen molar-refractivity contribution in [2.24, 2.45) is 28.1 Å². The lowest BCUT2D eigenvalue weighted by Gasteiger charge is -2.43. The van der Waals surface area contributed by atoms with E-state index in [1.54, 1.807) is 11.2 Å². The molecule has 11 nitrogen and oxygen atoms in total. The first kappa shape index (κ1) is 22.0. The summed E-state index contributed by atoms with van der Waals surface area (Å²) in [4.78, 5) is 21.6. The van der Waals surface area contributed by atoms with E-state index in [1.165, 1.54) is 6.20 Å². The lowest BCUT2D eigenvalue weighted by molar-refractivity contribution is -0.116. The minimum Gasteiger partial charge on any atom is -0.383 e. The number of carbonyl (C=O) groups excluding carboxylic acids is 1. The second-order valence-electron chi connectivity index (χ2n) is 9.77. The molecule has 3 fully saturated rings. The SMILES string of the molecule is N#CC1(C2C=[N+]=C3C(C(=O)Nc4cncc(F)c4N4CCN(C5COC5)CC4)C(N)=NN3C2)CC1. The molecule has 1 amide bonds. The number of fused-ring (bicyclic) bond motifs is 1. The second kappa shape index (κ2) is 8.30. The van der Waals surface area contributed by atoms with Crippen LogP contribution < -0.4 is 20.6 Å². The first-order valence-corrected chi connectivity index (χ1v) is 11.9. The van der Waals surface area contributed by atoms with E-state index < -0.39 is 23.1 Å². The Morgan fingerprint density at radius 3 is 2.71 bits per heavy atom. The van der Waals surface area contributed by atoms with Gasteiger partial charge in [-0.25, -0.2) is 9.06 Å². The molecular formula is C23H27FN9O2+. The maximum Gasteiger partial charge on any atom is 0.389 e. The minimum atomic E-state index is -0.893. The Morgan fingerprint density at radius 1 is 1.29 bits per heavy atom. The monoisotopic (exact) mass is 480 g/mol. The Kier molecular flexibility index (Phi) is 5.21. The van der Waals surface area contributed by atoms with Gasteiger partial charge in [-0.3, -0.25) is 14.7 Å². The van der Waals surface area contributed by atoms with Crippen molar-refractivity contribution in [1.29, 1.82) is 5.26 Å². The van der Waals surface area contributed by atoms with Crippen molar-refractivity contribution in [3.05, 3.63) is 18.2 Å². The molecule has 182 valence electrons. The Hall–Kier alpha value is -3.52. The normalized spacial score (nSPS) is 27.4. The van der Waals surface area contributed by atoms with Gasteiger partial charge in [-0.1, -0.05) is 5.10 Å². The van der Waals surface area contributed by atoms with Gasteiger partial charge in [0.2, 0.25) is 11.8 Å². The molecule has 4 aliphatic heterocycles. The van der Waals surface area contributed by atoms with Crippen LogP contribution in [0.2, 0.25) is 0 Å². The summed E-state index contributed by atoms with van der Waals surface area (Å²) in [5.41, 5.74) is 6.37. The second-order valence-corrected chi connectivity index (χ2v) is 9.77. The molecular weight excluding hydrogens is 453 g/mol. The van der Waals surface area contributed by atoms with Crippen LogP contribution in [0.25, 0.3) is 0 Å². The van der Waals surface area contributed by atoms with Crippen molar-refractivity contribution in [2.45, 2.75) is 18.9 Å². The summed E-state index contributed by atoms with van der Waals surface area (Å²) in [7, 11) is 0. The zero-order chi connectivity index (χ0) is 24.2. The van der Waals surface area contributed by atoms with E-state index in [-0.39, 0.29) is 11.8 Å². The molecule has 5 heterocycles. The van der Waals surface area contributed by atoms with Crippen LogP contribution in [0.5, 0.6) is 0 Å². The van der Waals surface area contributed by atoms with E-state index >= 15 is 0 Å². The number of nitriles is 1. The van der Waals surface area contributed by atoms with E-state index in [4.69, 9.17) is 10.5 Å². The molecule has 1 saturated carbocycles. The molecule has 0 radical (unpaired) electrons. The van der Waals surface area contributed by atoms with E-state index in [9.17, 15) is 14.4 Å². The molecule has 1 aromatic rings. The summed E-state index contributed by atoms with van der Waals surface area (Å²) >= 11 is 0. The quantitative estimate of drug-likeness (QED) is 0.531. The van der Waals surface area contributed by atoms with Crippen LogP contribution in [-0.4, -0.2) is 90.7 Å². The number of hydrogen-bond donors (Lipinski definition) is 2. The molecule has 6 rings (SSSR count). The molecule has 0 spiro atoms. The number of nitrogens with one attached hydrogen (secondary N) is 1. The Balaban J connectivity index is 1.20. The average molecular weight is 481 g/mol. The number of amides is 1. The lowest BCUT2D eigenvalue weighted by Crippen LogP contribution is -2.56. The van der Waals surface area contributed by atoms with Crippen LogP contribution >= 0.6 is 0 Å². The van der Waals surface area contributed by atoms with Crippen molar-refractivity contribution < 1.29 is 13.9 Å². The molecule has 1 aromatic heterocycles. The molecule has 0 bridgehead atoms. The Bertz CT molecular complexity index is 1190. The van der Waals surface area contributed by atoms with Gasteiger partial charge in [-0.15, -0.1) is 5.01 Å². The number of piperazine rings is 1. The summed E-state index contributed by atoms with van der Waals surface area (Å²) in [5.74, 6) is -1.34. The summed E-state index contributed by atoms with van der Waals surface area (Å²) in [6, 6.07) is 2.83. The fourth-order valence-corrected chi connectivity index (χ4v) is 5.26. The molecule has 3 N–H and O–H groups in total. The number of nitrogens with zero attached hydrogens (tertiary/aromatic N) is 7. The van der Waals surface area contributed by atoms with E-state index in [0.717, 1.165) is 45.3 Å². The number of amidine groups is 2. The Morgan fingerprint density at radius 2 is 2.06 bits per heavy atom. The number of carbonyl (C=O) groups is 1. The average Bonchev–Trinajstić information content (AvgIpc) is 3.54. The van der Waals surface area contributed by atoms with Gasteiger partial charge in [-0.05, 0) is 12.8 Å². The lowest BCUT2D eigenvalue weighted by atomic mass is 9.90. The highest BCUT2D eigenvalue weighted by Gasteiger charge is 2.57. The van der Waals surface area contributed by atoms with Gasteiger partial charge in [0.15, 0.2) is 17.9 Å². The number of halogens is 1. The highest BCUT2D eigenvalue weighted by Crippen LogP contribution is 2.51. The predicted octanol–water partition coefficient (Wildman–Crippen LogP) is -0.646. The first-order chi connectivity index (χ1) is 17.0. The number of hydrogen-bond acceptors (Lipinski definition) is 9. The number of hydrazone groups is 1. The number of nitrogens with two attached hydrogens (primary N) is 1. The number of anilines is 2. The van der Waals surface area contributed by atoms with Crippen molar-refractivity contribution in [2.75, 3.05) is 56.2 Å². The van der Waals surface area contributed by atoms with Crippen molar-refractivity contribution in [3.8, 4) is 6.07 Å². The van der Waals surface area contributed by atoms with Crippen LogP contribution in [0.3, 0.4) is 0 Å². The van der Waals surface area contributed by atoms with Gasteiger partial charge in [-0.2, -0.15) is 5.26 Å². The highest BCUT2D eigenvalue weighted by molar-refractivity contribution is 6.26. The standard InChI is InChI=1S/C23H26FN9O2/c24-16-8-27-9-17(19(16)32-5-3-31(4-6-32)15-11-35-12-15)29-22(34)18-20(26)30-33-10-14(7-28-21(18)33)23(13-25)1-2-23/h7-9,14-15,18H,1-6,10-12H2,(H2-,26,29,30,34)/p+1. The van der Waals surface area contributed by atoms with Gasteiger partial charge in [0, 0.05) is 26.2 Å². The van der Waals surface area contributed by atoms with Crippen LogP contribution in [0.4, 0.5) is 15.8 Å². The number of rotatable bonds is 5. The molecule has 12 heteroatoms. The number of pyridine rings is 1. The number of ether oxygens (including phenoxy) is 1. The summed E-state index contributed by atoms with van der Waals surface area (Å²) in [5, 5.41) is 18.3. The van der Waals surface area contributed by atoms with Gasteiger partial charge in [0.25, 0.3) is 0 Å². The molecule has 35 heavy (non-hydrogen) atoms. The summed E-state index contributed by atoms with van der Waals surface area (Å²) in [6.07, 6.45) is 6.04. The maximum atomic E-state index is 14.9. The van der Waals surface area contributed by atoms with Crippen molar-refractivity contribution in [3.63, 3.8) is 0 Å². The van der Waals surface area contributed by atoms with Gasteiger partial charge in [0.05, 0.1) is 54.7 Å². The molecule has 2 unspecified atom stereocenters. The maximum absolute atomic E-state index is 14.9. The van der Waals surface area contributed by atoms with Crippen LogP contribution in [0, 0.1) is 34.4 Å². The number of aromatic nitrogens is 1. The molecule has 0 aromatic carbocycles. The molecule has 5 aliphatic rings. The van der Waals surface area contributed by atoms with E-state index in [1.807, 2.05) is 4.90 Å². The minimum absolute atomic E-state index is 0.0567. The van der Waals surface area contributed by atoms with Crippen LogP contribution in [0.1, 0.15) is 12.8 Å². The third-order valence-corrected chi connectivity index (χ3v) is 7.69. The fraction of sp³-hybridized carbons (Fsp3) is 0.565. The largest absolute Gasteiger partial charge is 0.389 e. The van der Waals surface area contributed by atoms with E-state index in [0.29, 0.717) is 42.9 Å². The van der Waals surface area contributed by atoms with Gasteiger partial charge < -0.3 is 20.7 Å². The fourth-order valence-electron chi connectivity index (χ4n) is 5.26. The summed E-state index contributed by atoms with van der Waals surface area (Å²) in [6.45, 7) is 4.78. The van der Waals surface area contributed by atoms with Gasteiger partial charge in [0.1, 0.15) is 12.2 Å². The van der Waals surface area contributed by atoms with Crippen LogP contribution in [-0.2, 0) is 9.53 Å². The van der Waals surface area contributed by atoms with Crippen LogP contribution in [0.15, 0.2) is 17.5 Å². The van der Waals surface area contributed by atoms with Crippen molar-refractivity contribution in [1.82, 2.24) is 19.6 Å². The smallest absolute Gasteiger partial charge is 0.383 e. The zero-order valence-electron chi connectivity index (χ0n) is 19.2. The molecule has 2 atom stereocenters. The van der Waals surface area contributed by atoms with Crippen molar-refractivity contribution >= 4 is 35.2 Å². The Labute approximate surface area is 201 Å². The highest BCUT2D eigenvalue weighted by atomic mass is 19.1. The third-order valence-electron chi connectivity index (χ3n) is 7.69. The third kappa shape index (κ3) is 3.72. The zero-order valence-corrected chi connectivity index (χ0v) is 19.2. The van der Waals surface area contributed by atoms with Gasteiger partial charge >= 0.3 is 5.84 Å². The molecule has 1 aliphatic carbocycles.